The third kappa shape index (κ3) is 6.08. The van der Waals surface area contributed by atoms with Gasteiger partial charge in [-0.15, -0.1) is 0 Å². The number of benzene rings is 2. The maximum Gasteiger partial charge on any atom is 0.229 e. The molecule has 3 N–H and O–H groups in total. The van der Waals surface area contributed by atoms with Crippen molar-refractivity contribution >= 4 is 50.5 Å². The molecule has 1 aliphatic carbocycles. The third-order valence-corrected chi connectivity index (χ3v) is 7.70. The van der Waals surface area contributed by atoms with Gasteiger partial charge in [-0.1, -0.05) is 29.8 Å². The van der Waals surface area contributed by atoms with Crippen LogP contribution in [0.15, 0.2) is 48.7 Å². The molecule has 0 amide bonds. The van der Waals surface area contributed by atoms with E-state index < -0.39 is 10.0 Å². The lowest BCUT2D eigenvalue weighted by atomic mass is 10.0. The minimum absolute atomic E-state index is 0.324. The van der Waals surface area contributed by atoms with Crippen molar-refractivity contribution in [1.82, 2.24) is 14.9 Å². The quantitative estimate of drug-likeness (QED) is 0.358. The lowest BCUT2D eigenvalue weighted by molar-refractivity contribution is 0.222. The topological polar surface area (TPSA) is 99.2 Å². The highest BCUT2D eigenvalue weighted by Crippen LogP contribution is 2.31. The minimum atomic E-state index is -3.44. The van der Waals surface area contributed by atoms with Crippen LogP contribution < -0.4 is 15.4 Å². The molecule has 0 radical (unpaired) electrons. The van der Waals surface area contributed by atoms with E-state index in [2.05, 4.69) is 48.4 Å². The molecule has 10 heteroatoms. The van der Waals surface area contributed by atoms with Gasteiger partial charge in [-0.05, 0) is 87.0 Å². The molecule has 0 spiro atoms. The molecule has 2 heterocycles. The molecule has 1 fully saturated rings. The number of hydrogen-bond acceptors (Lipinski definition) is 7. The lowest BCUT2D eigenvalue weighted by Gasteiger charge is -2.25. The highest BCUT2D eigenvalue weighted by Gasteiger charge is 2.24. The zero-order valence-corrected chi connectivity index (χ0v) is 21.9. The number of fused-ring (bicyclic) bond motifs is 1. The Labute approximate surface area is 217 Å². The van der Waals surface area contributed by atoms with E-state index >= 15 is 0 Å². The fraction of sp³-hybridized carbons (Fsp3) is 0.385. The SMILES string of the molecule is CS(=O)(=O)Nc1ccccc1Nc1nc(Nc2ccc3c(c2)CC[C@@H](N2CCCC2)CC3)ncc1Cl. The number of para-hydroxylation sites is 2. The van der Waals surface area contributed by atoms with Crippen LogP contribution in [-0.4, -0.2) is 48.7 Å². The van der Waals surface area contributed by atoms with Gasteiger partial charge in [-0.25, -0.2) is 13.4 Å². The molecular formula is C26H31ClN6O2S. The largest absolute Gasteiger partial charge is 0.337 e. The summed E-state index contributed by atoms with van der Waals surface area (Å²) in [6, 6.07) is 14.1. The van der Waals surface area contributed by atoms with Crippen LogP contribution >= 0.6 is 11.6 Å². The van der Waals surface area contributed by atoms with Crippen LogP contribution in [0.5, 0.6) is 0 Å². The van der Waals surface area contributed by atoms with Crippen molar-refractivity contribution in [3.05, 3.63) is 64.8 Å². The smallest absolute Gasteiger partial charge is 0.229 e. The average Bonchev–Trinajstić information content (AvgIpc) is 3.29. The van der Waals surface area contributed by atoms with Gasteiger partial charge in [0.15, 0.2) is 5.82 Å². The predicted molar refractivity (Wildman–Crippen MR) is 146 cm³/mol. The van der Waals surface area contributed by atoms with Crippen molar-refractivity contribution in [3.8, 4) is 0 Å². The van der Waals surface area contributed by atoms with Crippen LogP contribution in [-0.2, 0) is 22.9 Å². The summed E-state index contributed by atoms with van der Waals surface area (Å²) in [7, 11) is -3.44. The minimum Gasteiger partial charge on any atom is -0.337 e. The molecule has 3 aromatic rings. The Balaban J connectivity index is 1.31. The van der Waals surface area contributed by atoms with Crippen molar-refractivity contribution in [3.63, 3.8) is 0 Å². The lowest BCUT2D eigenvalue weighted by Crippen LogP contribution is -2.32. The molecule has 5 rings (SSSR count). The summed E-state index contributed by atoms with van der Waals surface area (Å²) in [5.41, 5.74) is 4.68. The van der Waals surface area contributed by atoms with Gasteiger partial charge in [0.1, 0.15) is 5.02 Å². The summed E-state index contributed by atoms with van der Waals surface area (Å²) in [5.74, 6) is 0.777. The molecule has 1 aromatic heterocycles. The fourth-order valence-corrected chi connectivity index (χ4v) is 5.81. The monoisotopic (exact) mass is 526 g/mol. The Morgan fingerprint density at radius 1 is 0.972 bits per heavy atom. The standard InChI is InChI=1S/C26H31ClN6O2S/c1-36(34,35)32-24-7-3-2-6-23(24)30-25-22(27)17-28-26(31-25)29-20-11-8-18-9-12-21(13-10-19(18)16-20)33-14-4-5-15-33/h2-3,6-8,11,16-17,21,32H,4-5,9-10,12-15H2,1H3,(H2,28,29,30,31)/t21-/m0/s1. The highest BCUT2D eigenvalue weighted by atomic mass is 35.5. The maximum absolute atomic E-state index is 11.7. The molecule has 190 valence electrons. The fourth-order valence-electron chi connectivity index (χ4n) is 5.09. The normalized spacial score (nSPS) is 18.3. The Kier molecular flexibility index (Phi) is 7.32. The molecule has 0 saturated carbocycles. The Morgan fingerprint density at radius 2 is 1.69 bits per heavy atom. The van der Waals surface area contributed by atoms with Crippen molar-refractivity contribution in [2.24, 2.45) is 0 Å². The van der Waals surface area contributed by atoms with E-state index in [0.717, 1.165) is 24.8 Å². The van der Waals surface area contributed by atoms with Crippen LogP contribution in [0.3, 0.4) is 0 Å². The van der Waals surface area contributed by atoms with Crippen LogP contribution in [0.4, 0.5) is 28.8 Å². The second kappa shape index (κ2) is 10.6. The summed E-state index contributed by atoms with van der Waals surface area (Å²) >= 11 is 6.36. The van der Waals surface area contributed by atoms with E-state index in [1.165, 1.54) is 56.1 Å². The van der Waals surface area contributed by atoms with Crippen LogP contribution in [0.1, 0.15) is 36.8 Å². The van der Waals surface area contributed by atoms with Crippen LogP contribution in [0.25, 0.3) is 0 Å². The maximum atomic E-state index is 11.7. The van der Waals surface area contributed by atoms with E-state index in [1.807, 2.05) is 0 Å². The summed E-state index contributed by atoms with van der Waals surface area (Å²) < 4.78 is 26.0. The van der Waals surface area contributed by atoms with Gasteiger partial charge in [0, 0.05) is 11.7 Å². The number of aryl methyl sites for hydroxylation is 2. The molecular weight excluding hydrogens is 496 g/mol. The number of aromatic nitrogens is 2. The summed E-state index contributed by atoms with van der Waals surface area (Å²) in [6.07, 6.45) is 9.90. The third-order valence-electron chi connectivity index (χ3n) is 6.83. The van der Waals surface area contributed by atoms with Crippen molar-refractivity contribution in [2.75, 3.05) is 34.7 Å². The Bertz CT molecular complexity index is 1340. The van der Waals surface area contributed by atoms with Crippen LogP contribution in [0.2, 0.25) is 5.02 Å². The molecule has 0 bridgehead atoms. The predicted octanol–water partition coefficient (Wildman–Crippen LogP) is 5.33. The molecule has 1 atom stereocenters. The number of anilines is 5. The van der Waals surface area contributed by atoms with Crippen molar-refractivity contribution in [2.45, 2.75) is 44.6 Å². The number of hydrogen-bond donors (Lipinski definition) is 3. The Hall–Kier alpha value is -2.88. The second-order valence-electron chi connectivity index (χ2n) is 9.52. The first-order chi connectivity index (χ1) is 17.3. The number of halogens is 1. The van der Waals surface area contributed by atoms with Crippen molar-refractivity contribution < 1.29 is 8.42 Å². The van der Waals surface area contributed by atoms with Gasteiger partial charge in [0.25, 0.3) is 0 Å². The summed E-state index contributed by atoms with van der Waals surface area (Å²) in [4.78, 5) is 11.6. The first kappa shape index (κ1) is 24.8. The number of sulfonamides is 1. The molecule has 2 aromatic carbocycles. The van der Waals surface area contributed by atoms with Gasteiger partial charge in [-0.2, -0.15) is 4.98 Å². The number of nitrogens with zero attached hydrogens (tertiary/aromatic N) is 3. The zero-order valence-electron chi connectivity index (χ0n) is 20.3. The highest BCUT2D eigenvalue weighted by molar-refractivity contribution is 7.92. The molecule has 1 saturated heterocycles. The van der Waals surface area contributed by atoms with Crippen LogP contribution in [0, 0.1) is 0 Å². The molecule has 1 aliphatic heterocycles. The zero-order chi connectivity index (χ0) is 25.1. The molecule has 8 nitrogen and oxygen atoms in total. The molecule has 2 aliphatic rings. The Morgan fingerprint density at radius 3 is 2.44 bits per heavy atom. The number of nitrogens with one attached hydrogen (secondary N) is 3. The van der Waals surface area contributed by atoms with Gasteiger partial charge >= 0.3 is 0 Å². The average molecular weight is 527 g/mol. The number of likely N-dealkylation sites (tertiary alicyclic amines) is 1. The van der Waals surface area contributed by atoms with E-state index in [4.69, 9.17) is 11.6 Å². The van der Waals surface area contributed by atoms with Gasteiger partial charge < -0.3 is 15.5 Å². The van der Waals surface area contributed by atoms with Crippen molar-refractivity contribution in [1.29, 1.82) is 0 Å². The van der Waals surface area contributed by atoms with Gasteiger partial charge in [0.2, 0.25) is 16.0 Å². The first-order valence-electron chi connectivity index (χ1n) is 12.3. The second-order valence-corrected chi connectivity index (χ2v) is 11.7. The van der Waals surface area contributed by atoms with E-state index in [-0.39, 0.29) is 0 Å². The van der Waals surface area contributed by atoms with Gasteiger partial charge in [0.05, 0.1) is 23.8 Å². The first-order valence-corrected chi connectivity index (χ1v) is 14.6. The molecule has 0 unspecified atom stereocenters. The van der Waals surface area contributed by atoms with E-state index in [1.54, 1.807) is 24.3 Å². The summed E-state index contributed by atoms with van der Waals surface area (Å²) in [6.45, 7) is 2.49. The number of rotatable bonds is 7. The molecule has 36 heavy (non-hydrogen) atoms. The summed E-state index contributed by atoms with van der Waals surface area (Å²) in [5, 5.41) is 6.75. The van der Waals surface area contributed by atoms with E-state index in [0.29, 0.717) is 34.2 Å². The van der Waals surface area contributed by atoms with E-state index in [9.17, 15) is 8.42 Å². The van der Waals surface area contributed by atoms with Gasteiger partial charge in [-0.3, -0.25) is 4.72 Å².